The third-order valence-electron chi connectivity index (χ3n) is 7.99. The third kappa shape index (κ3) is 4.55. The molecule has 0 radical (unpaired) electrons. The van der Waals surface area contributed by atoms with Crippen LogP contribution >= 0.6 is 0 Å². The maximum atomic E-state index is 12.6. The van der Waals surface area contributed by atoms with Crippen LogP contribution in [0.1, 0.15) is 24.4 Å². The smallest absolute Gasteiger partial charge is 0.306 e. The summed E-state index contributed by atoms with van der Waals surface area (Å²) in [5.74, 6) is 0. The van der Waals surface area contributed by atoms with Crippen LogP contribution in [0.4, 0.5) is 0 Å². The lowest BCUT2D eigenvalue weighted by molar-refractivity contribution is 0.180. The molecule has 1 N–H and O–H groups in total. The van der Waals surface area contributed by atoms with Gasteiger partial charge in [-0.2, -0.15) is 0 Å². The summed E-state index contributed by atoms with van der Waals surface area (Å²) < 4.78 is 1.96. The van der Waals surface area contributed by atoms with E-state index in [1.165, 1.54) is 11.1 Å². The molecular formula is C34H30N4O. The number of rotatable bonds is 5. The van der Waals surface area contributed by atoms with E-state index in [4.69, 9.17) is 4.98 Å². The van der Waals surface area contributed by atoms with Gasteiger partial charge in [-0.25, -0.2) is 9.78 Å². The van der Waals surface area contributed by atoms with Crippen LogP contribution in [0.3, 0.4) is 0 Å². The van der Waals surface area contributed by atoms with Gasteiger partial charge in [0.2, 0.25) is 0 Å². The molecule has 1 fully saturated rings. The van der Waals surface area contributed by atoms with Gasteiger partial charge in [-0.05, 0) is 48.2 Å². The zero-order valence-corrected chi connectivity index (χ0v) is 21.8. The fraction of sp³-hybridized carbons (Fsp3) is 0.176. The van der Waals surface area contributed by atoms with Crippen molar-refractivity contribution >= 4 is 21.9 Å². The van der Waals surface area contributed by atoms with Crippen LogP contribution in [0, 0.1) is 0 Å². The molecule has 0 spiro atoms. The molecule has 0 aliphatic carbocycles. The summed E-state index contributed by atoms with van der Waals surface area (Å²) >= 11 is 0. The maximum Gasteiger partial charge on any atom is 0.326 e. The number of nitrogens with one attached hydrogen (secondary N) is 1. The van der Waals surface area contributed by atoms with E-state index in [1.54, 1.807) is 0 Å². The molecule has 192 valence electrons. The zero-order valence-electron chi connectivity index (χ0n) is 21.8. The number of imidazole rings is 1. The first-order valence-corrected chi connectivity index (χ1v) is 13.7. The van der Waals surface area contributed by atoms with E-state index in [2.05, 4.69) is 82.7 Å². The Morgan fingerprint density at radius 3 is 2.31 bits per heavy atom. The molecule has 2 aromatic heterocycles. The van der Waals surface area contributed by atoms with Gasteiger partial charge >= 0.3 is 5.69 Å². The first kappa shape index (κ1) is 23.6. The van der Waals surface area contributed by atoms with E-state index in [0.29, 0.717) is 0 Å². The van der Waals surface area contributed by atoms with Crippen molar-refractivity contribution in [3.05, 3.63) is 125 Å². The van der Waals surface area contributed by atoms with Crippen LogP contribution in [0.15, 0.2) is 114 Å². The molecule has 3 heterocycles. The number of likely N-dealkylation sites (tertiary alicyclic amines) is 1. The second-order valence-electron chi connectivity index (χ2n) is 10.5. The summed E-state index contributed by atoms with van der Waals surface area (Å²) in [6.07, 6.45) is 1.95. The van der Waals surface area contributed by atoms with Crippen molar-refractivity contribution < 1.29 is 0 Å². The summed E-state index contributed by atoms with van der Waals surface area (Å²) in [7, 11) is 0. The van der Waals surface area contributed by atoms with Crippen LogP contribution in [0.25, 0.3) is 44.3 Å². The van der Waals surface area contributed by atoms with Gasteiger partial charge in [0.05, 0.1) is 22.2 Å². The van der Waals surface area contributed by atoms with E-state index in [-0.39, 0.29) is 11.7 Å². The topological polar surface area (TPSA) is 53.9 Å². The van der Waals surface area contributed by atoms with E-state index in [9.17, 15) is 4.79 Å². The minimum atomic E-state index is 0.00305. The fourth-order valence-electron chi connectivity index (χ4n) is 5.97. The Bertz CT molecular complexity index is 1810. The van der Waals surface area contributed by atoms with Crippen molar-refractivity contribution in [3.8, 4) is 22.4 Å². The average molecular weight is 511 g/mol. The van der Waals surface area contributed by atoms with Crippen LogP contribution in [0.2, 0.25) is 0 Å². The number of aromatic amines is 1. The molecule has 7 rings (SSSR count). The minimum Gasteiger partial charge on any atom is -0.306 e. The summed E-state index contributed by atoms with van der Waals surface area (Å²) in [6, 6.07) is 38.2. The highest BCUT2D eigenvalue weighted by Crippen LogP contribution is 2.34. The number of aromatic nitrogens is 3. The zero-order chi connectivity index (χ0) is 26.2. The summed E-state index contributed by atoms with van der Waals surface area (Å²) in [6.45, 7) is 2.87. The standard InChI is InChI=1S/C34H30N4O/c39-34-36-31-12-6-7-13-32(31)38(34)28-18-20-37(21-19-28)23-24-14-16-25(17-15-24)29-22-27-10-4-5-11-30(27)35-33(29)26-8-2-1-3-9-26/h1-17,22,28H,18-21,23H2,(H,36,39). The van der Waals surface area contributed by atoms with Crippen molar-refractivity contribution in [2.75, 3.05) is 13.1 Å². The van der Waals surface area contributed by atoms with Crippen LogP contribution in [-0.4, -0.2) is 32.5 Å². The third-order valence-corrected chi connectivity index (χ3v) is 7.99. The molecule has 4 aromatic carbocycles. The fourth-order valence-corrected chi connectivity index (χ4v) is 5.97. The largest absolute Gasteiger partial charge is 0.326 e. The van der Waals surface area contributed by atoms with Crippen molar-refractivity contribution in [3.63, 3.8) is 0 Å². The van der Waals surface area contributed by atoms with Crippen molar-refractivity contribution in [2.24, 2.45) is 0 Å². The number of hydrogen-bond acceptors (Lipinski definition) is 3. The lowest BCUT2D eigenvalue weighted by Crippen LogP contribution is -2.36. The number of pyridine rings is 1. The van der Waals surface area contributed by atoms with Gasteiger partial charge in [-0.15, -0.1) is 0 Å². The molecule has 5 heteroatoms. The number of fused-ring (bicyclic) bond motifs is 2. The Labute approximate surface area is 227 Å². The number of para-hydroxylation sites is 3. The highest BCUT2D eigenvalue weighted by molar-refractivity contribution is 5.91. The van der Waals surface area contributed by atoms with Crippen molar-refractivity contribution in [2.45, 2.75) is 25.4 Å². The van der Waals surface area contributed by atoms with E-state index in [0.717, 1.165) is 71.2 Å². The number of benzene rings is 4. The van der Waals surface area contributed by atoms with Gasteiger partial charge in [0.15, 0.2) is 0 Å². The predicted octanol–water partition coefficient (Wildman–Crippen LogP) is 7.05. The van der Waals surface area contributed by atoms with Gasteiger partial charge in [0, 0.05) is 42.2 Å². The molecule has 0 atom stereocenters. The van der Waals surface area contributed by atoms with Gasteiger partial charge in [0.25, 0.3) is 0 Å². The molecule has 1 aliphatic heterocycles. The SMILES string of the molecule is O=c1[nH]c2ccccc2n1C1CCN(Cc2ccc(-c3cc4ccccc4nc3-c3ccccc3)cc2)CC1. The average Bonchev–Trinajstić information content (AvgIpc) is 3.33. The Balaban J connectivity index is 1.10. The molecule has 0 unspecified atom stereocenters. The van der Waals surface area contributed by atoms with Crippen LogP contribution in [-0.2, 0) is 6.54 Å². The Hall–Kier alpha value is -4.48. The maximum absolute atomic E-state index is 12.6. The molecule has 5 nitrogen and oxygen atoms in total. The van der Waals surface area contributed by atoms with Gasteiger partial charge in [0.1, 0.15) is 0 Å². The van der Waals surface area contributed by atoms with Gasteiger partial charge in [-0.1, -0.05) is 84.9 Å². The quantitative estimate of drug-likeness (QED) is 0.270. The molecular weight excluding hydrogens is 480 g/mol. The van der Waals surface area contributed by atoms with Crippen LogP contribution in [0.5, 0.6) is 0 Å². The molecule has 0 bridgehead atoms. The normalized spacial score (nSPS) is 14.8. The Morgan fingerprint density at radius 2 is 1.49 bits per heavy atom. The molecule has 6 aromatic rings. The second-order valence-corrected chi connectivity index (χ2v) is 10.5. The second kappa shape index (κ2) is 10.0. The predicted molar refractivity (Wildman–Crippen MR) is 159 cm³/mol. The van der Waals surface area contributed by atoms with E-state index < -0.39 is 0 Å². The molecule has 0 saturated carbocycles. The van der Waals surface area contributed by atoms with E-state index >= 15 is 0 Å². The highest BCUT2D eigenvalue weighted by Gasteiger charge is 2.23. The summed E-state index contributed by atoms with van der Waals surface area (Å²) in [4.78, 5) is 23.2. The molecule has 39 heavy (non-hydrogen) atoms. The summed E-state index contributed by atoms with van der Waals surface area (Å²) in [5, 5.41) is 1.15. The molecule has 1 aliphatic rings. The Morgan fingerprint density at radius 1 is 0.769 bits per heavy atom. The first-order chi connectivity index (χ1) is 19.2. The minimum absolute atomic E-state index is 0.00305. The summed E-state index contributed by atoms with van der Waals surface area (Å²) in [5.41, 5.74) is 8.70. The Kier molecular flexibility index (Phi) is 6.06. The number of hydrogen-bond donors (Lipinski definition) is 1. The monoisotopic (exact) mass is 510 g/mol. The lowest BCUT2D eigenvalue weighted by atomic mass is 9.96. The number of H-pyrrole nitrogens is 1. The number of nitrogens with zero attached hydrogens (tertiary/aromatic N) is 3. The first-order valence-electron chi connectivity index (χ1n) is 13.7. The molecule has 0 amide bonds. The number of piperidine rings is 1. The van der Waals surface area contributed by atoms with E-state index in [1.807, 2.05) is 41.0 Å². The van der Waals surface area contributed by atoms with Gasteiger partial charge < -0.3 is 4.98 Å². The van der Waals surface area contributed by atoms with Crippen molar-refractivity contribution in [1.29, 1.82) is 0 Å². The van der Waals surface area contributed by atoms with Crippen LogP contribution < -0.4 is 5.69 Å². The van der Waals surface area contributed by atoms with Gasteiger partial charge in [-0.3, -0.25) is 9.47 Å². The molecule has 1 saturated heterocycles. The lowest BCUT2D eigenvalue weighted by Gasteiger charge is -2.32. The van der Waals surface area contributed by atoms with Crippen molar-refractivity contribution in [1.82, 2.24) is 19.4 Å². The highest BCUT2D eigenvalue weighted by atomic mass is 16.1.